The number of fused-ring (bicyclic) bond motifs is 4. The standard InChI is InChI=1S/C31H48O3/c1-18(2)19(3)24-17-20(27(33)34-24)21-11-15-31(8)23-9-10-25-28(4,5)26(32)13-14-29(25,6)22(23)12-16-30(21,31)7/h20-21,24-26,32H,9-17H2,1-8H3/t20-,21-,24+,25+,26+,29-,30-,31+/m1/s1. The molecule has 1 N–H and O–H groups in total. The van der Waals surface area contributed by atoms with E-state index < -0.39 is 0 Å². The van der Waals surface area contributed by atoms with Crippen molar-refractivity contribution in [3.8, 4) is 0 Å². The molecule has 5 rings (SSSR count). The van der Waals surface area contributed by atoms with Crippen molar-refractivity contribution in [1.29, 1.82) is 0 Å². The van der Waals surface area contributed by atoms with Crippen LogP contribution in [-0.4, -0.2) is 23.3 Å². The van der Waals surface area contributed by atoms with E-state index in [-0.39, 0.29) is 45.8 Å². The van der Waals surface area contributed by atoms with E-state index >= 15 is 0 Å². The highest BCUT2D eigenvalue weighted by Crippen LogP contribution is 2.72. The predicted octanol–water partition coefficient (Wildman–Crippen LogP) is 7.38. The minimum Gasteiger partial charge on any atom is -0.458 e. The molecular formula is C31H48O3. The average molecular weight is 469 g/mol. The fourth-order valence-electron chi connectivity index (χ4n) is 9.88. The topological polar surface area (TPSA) is 46.5 Å². The number of hydrogen-bond acceptors (Lipinski definition) is 3. The normalized spacial score (nSPS) is 47.6. The molecule has 3 nitrogen and oxygen atoms in total. The van der Waals surface area contributed by atoms with Crippen molar-refractivity contribution in [2.45, 2.75) is 125 Å². The number of hydrogen-bond donors (Lipinski definition) is 1. The van der Waals surface area contributed by atoms with Gasteiger partial charge in [-0.15, -0.1) is 0 Å². The van der Waals surface area contributed by atoms with Crippen molar-refractivity contribution in [1.82, 2.24) is 0 Å². The minimum atomic E-state index is -0.182. The summed E-state index contributed by atoms with van der Waals surface area (Å²) in [5.74, 6) is 1.08. The number of esters is 1. The van der Waals surface area contributed by atoms with Crippen molar-refractivity contribution in [3.63, 3.8) is 0 Å². The van der Waals surface area contributed by atoms with Crippen LogP contribution in [0.15, 0.2) is 22.3 Å². The molecule has 4 aliphatic carbocycles. The number of allylic oxidation sites excluding steroid dienone is 3. The van der Waals surface area contributed by atoms with Crippen molar-refractivity contribution in [3.05, 3.63) is 22.3 Å². The molecule has 3 heteroatoms. The molecule has 190 valence electrons. The highest BCUT2D eigenvalue weighted by Gasteiger charge is 2.65. The number of cyclic esters (lactones) is 1. The van der Waals surface area contributed by atoms with Gasteiger partial charge in [0, 0.05) is 6.42 Å². The lowest BCUT2D eigenvalue weighted by Crippen LogP contribution is -2.55. The van der Waals surface area contributed by atoms with Gasteiger partial charge in [-0.05, 0) is 111 Å². The summed E-state index contributed by atoms with van der Waals surface area (Å²) in [6.07, 6.45) is 9.79. The summed E-state index contributed by atoms with van der Waals surface area (Å²) < 4.78 is 5.96. The van der Waals surface area contributed by atoms with Crippen molar-refractivity contribution < 1.29 is 14.6 Å². The summed E-state index contributed by atoms with van der Waals surface area (Å²) in [5.41, 5.74) is 6.56. The van der Waals surface area contributed by atoms with Crippen LogP contribution in [0.3, 0.4) is 0 Å². The van der Waals surface area contributed by atoms with Gasteiger partial charge < -0.3 is 9.84 Å². The summed E-state index contributed by atoms with van der Waals surface area (Å²) >= 11 is 0. The summed E-state index contributed by atoms with van der Waals surface area (Å²) in [7, 11) is 0. The highest BCUT2D eigenvalue weighted by atomic mass is 16.6. The Morgan fingerprint density at radius 2 is 1.62 bits per heavy atom. The van der Waals surface area contributed by atoms with Crippen LogP contribution < -0.4 is 0 Å². The molecule has 8 atom stereocenters. The number of ether oxygens (including phenoxy) is 1. The first-order valence-electron chi connectivity index (χ1n) is 14.0. The summed E-state index contributed by atoms with van der Waals surface area (Å²) in [6, 6.07) is 0. The second-order valence-electron chi connectivity index (χ2n) is 14.2. The number of aliphatic hydroxyl groups is 1. The van der Waals surface area contributed by atoms with Gasteiger partial charge >= 0.3 is 5.97 Å². The molecule has 0 spiro atoms. The third kappa shape index (κ3) is 3.07. The van der Waals surface area contributed by atoms with Gasteiger partial charge in [0.05, 0.1) is 12.0 Å². The van der Waals surface area contributed by atoms with Crippen LogP contribution in [-0.2, 0) is 9.53 Å². The number of aliphatic hydroxyl groups excluding tert-OH is 1. The van der Waals surface area contributed by atoms with Gasteiger partial charge in [0.1, 0.15) is 6.10 Å². The van der Waals surface area contributed by atoms with E-state index in [1.807, 2.05) is 0 Å². The Balaban J connectivity index is 1.48. The van der Waals surface area contributed by atoms with Crippen molar-refractivity contribution in [2.75, 3.05) is 0 Å². The first kappa shape index (κ1) is 24.6. The van der Waals surface area contributed by atoms with Gasteiger partial charge in [-0.2, -0.15) is 0 Å². The smallest absolute Gasteiger partial charge is 0.309 e. The lowest BCUT2D eigenvalue weighted by molar-refractivity contribution is -0.146. The molecule has 0 aromatic heterocycles. The van der Waals surface area contributed by atoms with Gasteiger partial charge in [-0.1, -0.05) is 51.3 Å². The van der Waals surface area contributed by atoms with E-state index in [9.17, 15) is 9.90 Å². The Bertz CT molecular complexity index is 952. The summed E-state index contributed by atoms with van der Waals surface area (Å²) in [5, 5.41) is 10.8. The van der Waals surface area contributed by atoms with E-state index in [4.69, 9.17) is 4.74 Å². The Morgan fingerprint density at radius 1 is 0.912 bits per heavy atom. The zero-order valence-corrected chi connectivity index (χ0v) is 23.0. The number of carbonyl (C=O) groups is 1. The molecule has 0 bridgehead atoms. The molecule has 1 heterocycles. The lowest BCUT2D eigenvalue weighted by atomic mass is 9.43. The molecule has 2 saturated carbocycles. The van der Waals surface area contributed by atoms with E-state index in [1.165, 1.54) is 43.3 Å². The maximum Gasteiger partial charge on any atom is 0.309 e. The highest BCUT2D eigenvalue weighted by molar-refractivity contribution is 5.76. The largest absolute Gasteiger partial charge is 0.458 e. The van der Waals surface area contributed by atoms with Crippen LogP contribution in [0.2, 0.25) is 0 Å². The van der Waals surface area contributed by atoms with Crippen molar-refractivity contribution >= 4 is 5.97 Å². The van der Waals surface area contributed by atoms with Gasteiger partial charge in [-0.3, -0.25) is 4.79 Å². The van der Waals surface area contributed by atoms with E-state index in [0.29, 0.717) is 11.8 Å². The second-order valence-corrected chi connectivity index (χ2v) is 14.2. The molecule has 0 radical (unpaired) electrons. The van der Waals surface area contributed by atoms with E-state index in [2.05, 4.69) is 55.4 Å². The van der Waals surface area contributed by atoms with Gasteiger partial charge in [0.15, 0.2) is 0 Å². The Labute approximate surface area is 207 Å². The molecule has 0 aromatic carbocycles. The van der Waals surface area contributed by atoms with Crippen LogP contribution >= 0.6 is 0 Å². The van der Waals surface area contributed by atoms with E-state index in [1.54, 1.807) is 11.1 Å². The zero-order chi connectivity index (χ0) is 24.8. The lowest BCUT2D eigenvalue weighted by Gasteiger charge is -2.62. The molecule has 1 aliphatic heterocycles. The quantitative estimate of drug-likeness (QED) is 0.339. The molecule has 0 unspecified atom stereocenters. The molecule has 34 heavy (non-hydrogen) atoms. The summed E-state index contributed by atoms with van der Waals surface area (Å²) in [6.45, 7) is 18.6. The molecule has 0 aromatic rings. The predicted molar refractivity (Wildman–Crippen MR) is 137 cm³/mol. The van der Waals surface area contributed by atoms with Gasteiger partial charge in [0.2, 0.25) is 0 Å². The third-order valence-corrected chi connectivity index (χ3v) is 12.6. The van der Waals surface area contributed by atoms with E-state index in [0.717, 1.165) is 25.7 Å². The van der Waals surface area contributed by atoms with Crippen LogP contribution in [0.4, 0.5) is 0 Å². The van der Waals surface area contributed by atoms with Crippen LogP contribution in [0.25, 0.3) is 0 Å². The summed E-state index contributed by atoms with van der Waals surface area (Å²) in [4.78, 5) is 13.2. The zero-order valence-electron chi connectivity index (χ0n) is 23.0. The molecule has 3 fully saturated rings. The molecule has 1 saturated heterocycles. The molecular weight excluding hydrogens is 420 g/mol. The van der Waals surface area contributed by atoms with Crippen LogP contribution in [0.5, 0.6) is 0 Å². The fraction of sp³-hybridized carbons (Fsp3) is 0.839. The maximum atomic E-state index is 13.2. The Hall–Kier alpha value is -1.09. The molecule has 5 aliphatic rings. The average Bonchev–Trinajstić information content (AvgIpc) is 3.27. The molecule has 0 amide bonds. The number of carbonyl (C=O) groups excluding carboxylic acids is 1. The van der Waals surface area contributed by atoms with Gasteiger partial charge in [-0.25, -0.2) is 0 Å². The maximum absolute atomic E-state index is 13.2. The van der Waals surface area contributed by atoms with Gasteiger partial charge in [0.25, 0.3) is 0 Å². The minimum absolute atomic E-state index is 0.0171. The SMILES string of the molecule is CC(C)=C(C)[C@@H]1C[C@H]([C@H]2CC[C@@]3(C)C4=C(CC[C@]23C)[C@@]2(C)CC[C@H](O)C(C)(C)[C@@H]2CC4)C(=O)O1. The monoisotopic (exact) mass is 468 g/mol. The fourth-order valence-corrected chi connectivity index (χ4v) is 9.88. The third-order valence-electron chi connectivity index (χ3n) is 12.6. The first-order valence-corrected chi connectivity index (χ1v) is 14.0. The second kappa shape index (κ2) is 7.70. The number of rotatable bonds is 2. The van der Waals surface area contributed by atoms with Crippen LogP contribution in [0, 0.1) is 39.4 Å². The van der Waals surface area contributed by atoms with Crippen LogP contribution in [0.1, 0.15) is 113 Å². The Kier molecular flexibility index (Phi) is 5.57. The Morgan fingerprint density at radius 3 is 2.29 bits per heavy atom. The first-order chi connectivity index (χ1) is 15.8. The van der Waals surface area contributed by atoms with Crippen molar-refractivity contribution in [2.24, 2.45) is 39.4 Å².